The van der Waals surface area contributed by atoms with Crippen molar-refractivity contribution in [2.24, 2.45) is 0 Å². The first-order valence-electron chi connectivity index (χ1n) is 9.25. The number of amides is 2. The molecule has 1 atom stereocenters. The zero-order valence-electron chi connectivity index (χ0n) is 16.0. The summed E-state index contributed by atoms with van der Waals surface area (Å²) in [6.45, 7) is 3.09. The van der Waals surface area contributed by atoms with Crippen molar-refractivity contribution in [2.75, 3.05) is 13.6 Å². The van der Waals surface area contributed by atoms with Gasteiger partial charge >= 0.3 is 0 Å². The molecule has 7 heteroatoms. The summed E-state index contributed by atoms with van der Waals surface area (Å²) in [5, 5.41) is 11.0. The van der Waals surface area contributed by atoms with Crippen LogP contribution in [0.1, 0.15) is 47.3 Å². The van der Waals surface area contributed by atoms with Crippen molar-refractivity contribution in [1.82, 2.24) is 9.80 Å². The number of benzene rings is 2. The molecule has 0 N–H and O–H groups in total. The smallest absolute Gasteiger partial charge is 0.269 e. The number of carbonyl (C=O) groups excluding carboxylic acids is 2. The Morgan fingerprint density at radius 3 is 2.68 bits per heavy atom. The molecule has 0 saturated carbocycles. The maximum absolute atomic E-state index is 12.9. The van der Waals surface area contributed by atoms with Crippen LogP contribution >= 0.6 is 0 Å². The number of nitrogens with zero attached hydrogens (tertiary/aromatic N) is 3. The van der Waals surface area contributed by atoms with E-state index in [1.165, 1.54) is 12.1 Å². The van der Waals surface area contributed by atoms with Gasteiger partial charge in [0, 0.05) is 44.3 Å². The standard InChI is InChI=1S/C21H23N3O4/c1-15(17-7-4-9-19(13-17)24(27)28)22(2)21(26)18-8-3-6-16(12-18)14-23-11-5-10-20(23)25/h3-4,6-9,12-13,15H,5,10-11,14H2,1-2H3/t15-/m1/s1. The molecule has 0 radical (unpaired) electrons. The number of likely N-dealkylation sites (tertiary alicyclic amines) is 1. The predicted molar refractivity (Wildman–Crippen MR) is 105 cm³/mol. The van der Waals surface area contributed by atoms with Crippen molar-refractivity contribution < 1.29 is 14.5 Å². The third kappa shape index (κ3) is 4.19. The molecule has 0 bridgehead atoms. The molecule has 1 aliphatic heterocycles. The highest BCUT2D eigenvalue weighted by Gasteiger charge is 2.22. The minimum atomic E-state index is -0.443. The van der Waals surface area contributed by atoms with Crippen molar-refractivity contribution in [3.8, 4) is 0 Å². The first kappa shape index (κ1) is 19.5. The fourth-order valence-electron chi connectivity index (χ4n) is 3.40. The number of hydrogen-bond donors (Lipinski definition) is 0. The molecule has 2 amide bonds. The van der Waals surface area contributed by atoms with Gasteiger partial charge < -0.3 is 9.80 Å². The lowest BCUT2D eigenvalue weighted by Gasteiger charge is -2.25. The van der Waals surface area contributed by atoms with Crippen LogP contribution in [0.2, 0.25) is 0 Å². The van der Waals surface area contributed by atoms with Gasteiger partial charge in [-0.15, -0.1) is 0 Å². The largest absolute Gasteiger partial charge is 0.338 e. The van der Waals surface area contributed by atoms with Crippen LogP contribution in [-0.2, 0) is 11.3 Å². The number of hydrogen-bond acceptors (Lipinski definition) is 4. The van der Waals surface area contributed by atoms with Gasteiger partial charge in [0.15, 0.2) is 0 Å². The SMILES string of the molecule is C[C@H](c1cccc([N+](=O)[O-])c1)N(C)C(=O)c1cccc(CN2CCCC2=O)c1. The summed E-state index contributed by atoms with van der Waals surface area (Å²) in [5.74, 6) is -0.0262. The van der Waals surface area contributed by atoms with Crippen molar-refractivity contribution in [1.29, 1.82) is 0 Å². The molecule has 1 fully saturated rings. The quantitative estimate of drug-likeness (QED) is 0.566. The first-order chi connectivity index (χ1) is 13.4. The van der Waals surface area contributed by atoms with Gasteiger partial charge in [-0.3, -0.25) is 19.7 Å². The van der Waals surface area contributed by atoms with E-state index in [0.29, 0.717) is 24.1 Å². The van der Waals surface area contributed by atoms with E-state index < -0.39 is 4.92 Å². The molecular weight excluding hydrogens is 358 g/mol. The summed E-state index contributed by atoms with van der Waals surface area (Å²) in [6.07, 6.45) is 1.46. The van der Waals surface area contributed by atoms with Crippen LogP contribution in [0.5, 0.6) is 0 Å². The Labute approximate surface area is 163 Å². The first-order valence-corrected chi connectivity index (χ1v) is 9.25. The molecule has 7 nitrogen and oxygen atoms in total. The zero-order chi connectivity index (χ0) is 20.3. The lowest BCUT2D eigenvalue weighted by atomic mass is 10.0. The molecular formula is C21H23N3O4. The fourth-order valence-corrected chi connectivity index (χ4v) is 3.40. The van der Waals surface area contributed by atoms with E-state index in [4.69, 9.17) is 0 Å². The van der Waals surface area contributed by atoms with Crippen LogP contribution in [0.4, 0.5) is 5.69 Å². The summed E-state index contributed by atoms with van der Waals surface area (Å²) >= 11 is 0. The van der Waals surface area contributed by atoms with Crippen LogP contribution in [0.3, 0.4) is 0 Å². The molecule has 1 saturated heterocycles. The van der Waals surface area contributed by atoms with Crippen LogP contribution in [0.15, 0.2) is 48.5 Å². The van der Waals surface area contributed by atoms with Gasteiger partial charge in [0.1, 0.15) is 0 Å². The number of nitro benzene ring substituents is 1. The molecule has 0 unspecified atom stereocenters. The maximum atomic E-state index is 12.9. The normalized spacial score (nSPS) is 14.8. The van der Waals surface area contributed by atoms with E-state index in [1.807, 2.05) is 25.1 Å². The summed E-state index contributed by atoms with van der Waals surface area (Å²) in [5.41, 5.74) is 2.15. The van der Waals surface area contributed by atoms with Gasteiger partial charge in [0.25, 0.3) is 11.6 Å². The average Bonchev–Trinajstić information content (AvgIpc) is 3.11. The highest BCUT2D eigenvalue weighted by molar-refractivity contribution is 5.94. The molecule has 2 aromatic rings. The third-order valence-electron chi connectivity index (χ3n) is 5.18. The Hall–Kier alpha value is -3.22. The molecule has 146 valence electrons. The van der Waals surface area contributed by atoms with Crippen molar-refractivity contribution in [3.63, 3.8) is 0 Å². The Morgan fingerprint density at radius 1 is 1.25 bits per heavy atom. The minimum Gasteiger partial charge on any atom is -0.338 e. The summed E-state index contributed by atoms with van der Waals surface area (Å²) < 4.78 is 0. The number of carbonyl (C=O) groups is 2. The summed E-state index contributed by atoms with van der Waals surface area (Å²) in [4.78, 5) is 38.7. The molecule has 1 aliphatic rings. The molecule has 28 heavy (non-hydrogen) atoms. The molecule has 0 aliphatic carbocycles. The van der Waals surface area contributed by atoms with Gasteiger partial charge in [-0.25, -0.2) is 0 Å². The number of nitro groups is 1. The topological polar surface area (TPSA) is 83.8 Å². The summed E-state index contributed by atoms with van der Waals surface area (Å²) in [7, 11) is 1.68. The predicted octanol–water partition coefficient (Wildman–Crippen LogP) is 3.55. The Balaban J connectivity index is 1.75. The zero-order valence-corrected chi connectivity index (χ0v) is 16.0. The van der Waals surface area contributed by atoms with Gasteiger partial charge in [-0.05, 0) is 36.6 Å². The highest BCUT2D eigenvalue weighted by atomic mass is 16.6. The second kappa shape index (κ2) is 8.21. The van der Waals surface area contributed by atoms with Crippen molar-refractivity contribution >= 4 is 17.5 Å². The number of rotatable bonds is 6. The van der Waals surface area contributed by atoms with Crippen LogP contribution in [0.25, 0.3) is 0 Å². The van der Waals surface area contributed by atoms with Crippen molar-refractivity contribution in [3.05, 3.63) is 75.3 Å². The van der Waals surface area contributed by atoms with E-state index in [-0.39, 0.29) is 23.5 Å². The van der Waals surface area contributed by atoms with E-state index in [2.05, 4.69) is 0 Å². The van der Waals surface area contributed by atoms with E-state index >= 15 is 0 Å². The minimum absolute atomic E-state index is 0.00229. The van der Waals surface area contributed by atoms with Crippen molar-refractivity contribution in [2.45, 2.75) is 32.4 Å². The summed E-state index contributed by atoms with van der Waals surface area (Å²) in [6, 6.07) is 13.3. The maximum Gasteiger partial charge on any atom is 0.269 e. The Bertz CT molecular complexity index is 912. The van der Waals surface area contributed by atoms with Crippen LogP contribution in [-0.4, -0.2) is 40.1 Å². The Morgan fingerprint density at radius 2 is 2.00 bits per heavy atom. The van der Waals surface area contributed by atoms with Gasteiger partial charge in [0.05, 0.1) is 11.0 Å². The second-order valence-corrected chi connectivity index (χ2v) is 7.06. The van der Waals surface area contributed by atoms with Gasteiger partial charge in [0.2, 0.25) is 5.91 Å². The van der Waals surface area contributed by atoms with Gasteiger partial charge in [-0.1, -0.05) is 24.3 Å². The van der Waals surface area contributed by atoms with Gasteiger partial charge in [-0.2, -0.15) is 0 Å². The molecule has 0 spiro atoms. The third-order valence-corrected chi connectivity index (χ3v) is 5.18. The second-order valence-electron chi connectivity index (χ2n) is 7.06. The lowest BCUT2D eigenvalue weighted by Crippen LogP contribution is -2.30. The molecule has 1 heterocycles. The lowest BCUT2D eigenvalue weighted by molar-refractivity contribution is -0.384. The monoisotopic (exact) mass is 381 g/mol. The Kier molecular flexibility index (Phi) is 5.73. The van der Waals surface area contributed by atoms with E-state index in [9.17, 15) is 19.7 Å². The molecule has 2 aromatic carbocycles. The molecule has 0 aromatic heterocycles. The van der Waals surface area contributed by atoms with Crippen LogP contribution < -0.4 is 0 Å². The number of non-ortho nitro benzene ring substituents is 1. The van der Waals surface area contributed by atoms with E-state index in [1.54, 1.807) is 35.0 Å². The highest BCUT2D eigenvalue weighted by Crippen LogP contribution is 2.25. The fraction of sp³-hybridized carbons (Fsp3) is 0.333. The molecule has 3 rings (SSSR count). The van der Waals surface area contributed by atoms with Crippen LogP contribution in [0, 0.1) is 10.1 Å². The average molecular weight is 381 g/mol. The van der Waals surface area contributed by atoms with E-state index in [0.717, 1.165) is 18.5 Å².